The first-order valence-corrected chi connectivity index (χ1v) is 9.55. The fourth-order valence-corrected chi connectivity index (χ4v) is 4.12. The predicted molar refractivity (Wildman–Crippen MR) is 103 cm³/mol. The van der Waals surface area contributed by atoms with Crippen LogP contribution in [0.3, 0.4) is 0 Å². The van der Waals surface area contributed by atoms with Crippen LogP contribution in [0.5, 0.6) is 11.5 Å². The van der Waals surface area contributed by atoms with Gasteiger partial charge in [-0.05, 0) is 45.2 Å². The van der Waals surface area contributed by atoms with Gasteiger partial charge in [-0.2, -0.15) is 0 Å². The lowest BCUT2D eigenvalue weighted by atomic mass is 9.98. The quantitative estimate of drug-likeness (QED) is 0.878. The van der Waals surface area contributed by atoms with Crippen LogP contribution >= 0.6 is 0 Å². The minimum atomic E-state index is -0.195. The van der Waals surface area contributed by atoms with E-state index in [1.165, 1.54) is 0 Å². The number of hydrogen-bond donors (Lipinski definition) is 1. The molecule has 27 heavy (non-hydrogen) atoms. The van der Waals surface area contributed by atoms with Crippen LogP contribution in [-0.4, -0.2) is 55.7 Å². The van der Waals surface area contributed by atoms with E-state index >= 15 is 0 Å². The van der Waals surface area contributed by atoms with E-state index in [1.54, 1.807) is 31.3 Å². The summed E-state index contributed by atoms with van der Waals surface area (Å²) in [5.74, 6) is 1.18. The molecule has 0 radical (unpaired) electrons. The Morgan fingerprint density at radius 2 is 1.78 bits per heavy atom. The summed E-state index contributed by atoms with van der Waals surface area (Å²) in [7, 11) is 3.14. The molecule has 7 heteroatoms. The molecule has 1 aromatic rings. The van der Waals surface area contributed by atoms with Crippen LogP contribution in [0.2, 0.25) is 0 Å². The zero-order valence-electron chi connectivity index (χ0n) is 16.5. The highest BCUT2D eigenvalue weighted by molar-refractivity contribution is 5.97. The topological polar surface area (TPSA) is 71.1 Å². The average molecular weight is 375 g/mol. The molecule has 3 atom stereocenters. The Morgan fingerprint density at radius 3 is 2.41 bits per heavy atom. The number of nitrogens with zero attached hydrogens (tertiary/aromatic N) is 2. The molecule has 0 saturated carbocycles. The van der Waals surface area contributed by atoms with Crippen molar-refractivity contribution in [1.82, 2.24) is 10.2 Å². The number of urea groups is 1. The zero-order chi connectivity index (χ0) is 19.6. The number of nitrogens with one attached hydrogen (secondary N) is 1. The van der Waals surface area contributed by atoms with Crippen molar-refractivity contribution in [2.45, 2.75) is 57.7 Å². The molecular formula is C20H29N3O4. The number of likely N-dealkylation sites (tertiary alicyclic amines) is 1. The molecule has 7 nitrogen and oxygen atoms in total. The van der Waals surface area contributed by atoms with E-state index in [1.807, 2.05) is 11.0 Å². The summed E-state index contributed by atoms with van der Waals surface area (Å²) in [5, 5.41) is 3.06. The molecular weight excluding hydrogens is 346 g/mol. The summed E-state index contributed by atoms with van der Waals surface area (Å²) in [6, 6.07) is 5.60. The maximum atomic E-state index is 12.8. The number of benzene rings is 1. The van der Waals surface area contributed by atoms with Crippen molar-refractivity contribution in [3.8, 4) is 11.5 Å². The smallest absolute Gasteiger partial charge is 0.318 e. The summed E-state index contributed by atoms with van der Waals surface area (Å²) in [6.07, 6.45) is 3.51. The van der Waals surface area contributed by atoms with E-state index in [9.17, 15) is 9.59 Å². The molecule has 1 aromatic carbocycles. The van der Waals surface area contributed by atoms with E-state index in [0.29, 0.717) is 24.5 Å². The molecule has 2 aliphatic heterocycles. The Labute approximate surface area is 160 Å². The van der Waals surface area contributed by atoms with Gasteiger partial charge in [-0.25, -0.2) is 4.79 Å². The third-order valence-electron chi connectivity index (χ3n) is 5.56. The number of rotatable bonds is 4. The summed E-state index contributed by atoms with van der Waals surface area (Å²) in [6.45, 7) is 4.63. The Kier molecular flexibility index (Phi) is 5.77. The van der Waals surface area contributed by atoms with E-state index in [0.717, 1.165) is 24.9 Å². The van der Waals surface area contributed by atoms with Crippen molar-refractivity contribution in [3.63, 3.8) is 0 Å². The van der Waals surface area contributed by atoms with Gasteiger partial charge in [-0.1, -0.05) is 0 Å². The van der Waals surface area contributed by atoms with Crippen LogP contribution < -0.4 is 19.7 Å². The van der Waals surface area contributed by atoms with E-state index in [-0.39, 0.29) is 30.1 Å². The lowest BCUT2D eigenvalue weighted by Crippen LogP contribution is -2.54. The average Bonchev–Trinajstić information content (AvgIpc) is 3.01. The number of carbonyl (C=O) groups excluding carboxylic acids is 2. The standard InChI is InChI=1S/C20H29N3O4/c1-13-6-5-7-14(2)23(13)20(25)21-15-10-19(24)22(12-15)16-8-9-17(26-3)18(11-16)27-4/h8-9,11,13-15H,5-7,10,12H2,1-4H3,(H,21,25)/t13-,14-,15-/m1/s1. The van der Waals surface area contributed by atoms with Crippen molar-refractivity contribution in [1.29, 1.82) is 0 Å². The second kappa shape index (κ2) is 8.06. The van der Waals surface area contributed by atoms with Gasteiger partial charge in [-0.15, -0.1) is 0 Å². The molecule has 0 unspecified atom stereocenters. The van der Waals surface area contributed by atoms with Crippen molar-refractivity contribution in [2.24, 2.45) is 0 Å². The second-order valence-corrected chi connectivity index (χ2v) is 7.43. The van der Waals surface area contributed by atoms with Crippen LogP contribution in [0.15, 0.2) is 18.2 Å². The molecule has 2 heterocycles. The monoisotopic (exact) mass is 375 g/mol. The zero-order valence-corrected chi connectivity index (χ0v) is 16.5. The molecule has 3 amide bonds. The van der Waals surface area contributed by atoms with Gasteiger partial charge in [-0.3, -0.25) is 4.79 Å². The van der Waals surface area contributed by atoms with Gasteiger partial charge in [0.1, 0.15) is 0 Å². The number of amides is 3. The third-order valence-corrected chi connectivity index (χ3v) is 5.56. The Morgan fingerprint density at radius 1 is 1.11 bits per heavy atom. The van der Waals surface area contributed by atoms with Crippen LogP contribution in [0, 0.1) is 0 Å². The number of methoxy groups -OCH3 is 2. The number of piperidine rings is 1. The van der Waals surface area contributed by atoms with Crippen LogP contribution in [0.25, 0.3) is 0 Å². The first-order chi connectivity index (χ1) is 12.9. The third kappa shape index (κ3) is 3.96. The molecule has 0 aliphatic carbocycles. The Bertz CT molecular complexity index is 698. The normalized spacial score (nSPS) is 25.5. The summed E-state index contributed by atoms with van der Waals surface area (Å²) in [4.78, 5) is 28.9. The summed E-state index contributed by atoms with van der Waals surface area (Å²) >= 11 is 0. The van der Waals surface area contributed by atoms with E-state index < -0.39 is 0 Å². The van der Waals surface area contributed by atoms with Gasteiger partial charge in [0.05, 0.1) is 20.3 Å². The minimum Gasteiger partial charge on any atom is -0.493 e. The number of carbonyl (C=O) groups is 2. The highest BCUT2D eigenvalue weighted by Gasteiger charge is 2.35. The van der Waals surface area contributed by atoms with Gasteiger partial charge < -0.3 is 24.6 Å². The van der Waals surface area contributed by atoms with Crippen molar-refractivity contribution >= 4 is 17.6 Å². The lowest BCUT2D eigenvalue weighted by Gasteiger charge is -2.39. The summed E-state index contributed by atoms with van der Waals surface area (Å²) in [5.41, 5.74) is 0.745. The molecule has 1 N–H and O–H groups in total. The van der Waals surface area contributed by atoms with Crippen molar-refractivity contribution < 1.29 is 19.1 Å². The fraction of sp³-hybridized carbons (Fsp3) is 0.600. The number of anilines is 1. The minimum absolute atomic E-state index is 0.00717. The first kappa shape index (κ1) is 19.3. The number of ether oxygens (including phenoxy) is 2. The maximum absolute atomic E-state index is 12.8. The molecule has 0 aromatic heterocycles. The van der Waals surface area contributed by atoms with Crippen molar-refractivity contribution in [2.75, 3.05) is 25.7 Å². The first-order valence-electron chi connectivity index (χ1n) is 9.55. The largest absolute Gasteiger partial charge is 0.493 e. The molecule has 0 bridgehead atoms. The van der Waals surface area contributed by atoms with Crippen LogP contribution in [-0.2, 0) is 4.79 Å². The van der Waals surface area contributed by atoms with Gasteiger partial charge >= 0.3 is 6.03 Å². The molecule has 0 spiro atoms. The van der Waals surface area contributed by atoms with Gasteiger partial charge in [0, 0.05) is 36.8 Å². The van der Waals surface area contributed by atoms with Crippen LogP contribution in [0.4, 0.5) is 10.5 Å². The molecule has 2 aliphatic rings. The Balaban J connectivity index is 1.68. The number of hydrogen-bond acceptors (Lipinski definition) is 4. The molecule has 148 valence electrons. The second-order valence-electron chi connectivity index (χ2n) is 7.43. The van der Waals surface area contributed by atoms with Gasteiger partial charge in [0.2, 0.25) is 5.91 Å². The van der Waals surface area contributed by atoms with Gasteiger partial charge in [0.15, 0.2) is 11.5 Å². The molecule has 3 rings (SSSR count). The molecule has 2 saturated heterocycles. The van der Waals surface area contributed by atoms with Gasteiger partial charge in [0.25, 0.3) is 0 Å². The Hall–Kier alpha value is -2.44. The fourth-order valence-electron chi connectivity index (χ4n) is 4.12. The molecule has 2 fully saturated rings. The highest BCUT2D eigenvalue weighted by atomic mass is 16.5. The van der Waals surface area contributed by atoms with E-state index in [4.69, 9.17) is 9.47 Å². The lowest BCUT2D eigenvalue weighted by molar-refractivity contribution is -0.117. The highest BCUT2D eigenvalue weighted by Crippen LogP contribution is 2.33. The predicted octanol–water partition coefficient (Wildman–Crippen LogP) is 2.78. The van der Waals surface area contributed by atoms with Crippen molar-refractivity contribution in [3.05, 3.63) is 18.2 Å². The SMILES string of the molecule is COc1ccc(N2C[C@H](NC(=O)N3[C@H](C)CCC[C@H]3C)CC2=O)cc1OC. The summed E-state index contributed by atoms with van der Waals surface area (Å²) < 4.78 is 10.6. The maximum Gasteiger partial charge on any atom is 0.318 e. The van der Waals surface area contributed by atoms with Crippen LogP contribution in [0.1, 0.15) is 39.5 Å². The van der Waals surface area contributed by atoms with E-state index in [2.05, 4.69) is 19.2 Å².